The maximum atomic E-state index is 13.2. The molecule has 4 rings (SSSR count). The number of amides is 1. The van der Waals surface area contributed by atoms with E-state index in [4.69, 9.17) is 4.74 Å². The van der Waals surface area contributed by atoms with Crippen molar-refractivity contribution >= 4 is 5.91 Å². The summed E-state index contributed by atoms with van der Waals surface area (Å²) in [6.07, 6.45) is -1.86. The number of rotatable bonds is 6. The third-order valence-corrected chi connectivity index (χ3v) is 6.67. The smallest absolute Gasteiger partial charge is 0.381 e. The van der Waals surface area contributed by atoms with Crippen LogP contribution in [0, 0.1) is 0 Å². The van der Waals surface area contributed by atoms with Crippen molar-refractivity contribution in [3.63, 3.8) is 0 Å². The molecule has 2 aromatic carbocycles. The minimum atomic E-state index is -4.44. The quantitative estimate of drug-likeness (QED) is 0.672. The van der Waals surface area contributed by atoms with Crippen LogP contribution in [0.2, 0.25) is 0 Å². The number of hydrogen-bond donors (Lipinski definition) is 1. The van der Waals surface area contributed by atoms with E-state index in [-0.39, 0.29) is 5.91 Å². The van der Waals surface area contributed by atoms with E-state index in [1.165, 1.54) is 17.2 Å². The van der Waals surface area contributed by atoms with Gasteiger partial charge < -0.3 is 10.1 Å². The van der Waals surface area contributed by atoms with Crippen molar-refractivity contribution in [2.45, 2.75) is 43.8 Å². The Morgan fingerprint density at radius 3 is 2.56 bits per heavy atom. The molecule has 1 amide bonds. The molecule has 7 heteroatoms. The average molecular weight is 447 g/mol. The van der Waals surface area contributed by atoms with Crippen LogP contribution in [0.15, 0.2) is 48.5 Å². The Labute approximate surface area is 186 Å². The highest BCUT2D eigenvalue weighted by molar-refractivity contribution is 5.88. The molecule has 2 aliphatic rings. The Hall–Kier alpha value is -2.38. The van der Waals surface area contributed by atoms with E-state index in [1.54, 1.807) is 6.07 Å². The van der Waals surface area contributed by atoms with Gasteiger partial charge in [0, 0.05) is 39.4 Å². The Kier molecular flexibility index (Phi) is 6.86. The van der Waals surface area contributed by atoms with Crippen LogP contribution in [0.5, 0.6) is 0 Å². The zero-order chi connectivity index (χ0) is 22.6. The number of nitrogens with one attached hydrogen (secondary N) is 1. The molecule has 0 aliphatic carbocycles. The molecule has 0 aromatic heterocycles. The van der Waals surface area contributed by atoms with Gasteiger partial charge in [-0.1, -0.05) is 42.5 Å². The van der Waals surface area contributed by atoms with Crippen LogP contribution in [0.1, 0.15) is 41.5 Å². The fourth-order valence-electron chi connectivity index (χ4n) is 4.78. The van der Waals surface area contributed by atoms with Gasteiger partial charge in [0.05, 0.1) is 11.0 Å². The summed E-state index contributed by atoms with van der Waals surface area (Å²) in [5.74, 6) is -0.205. The lowest BCUT2D eigenvalue weighted by atomic mass is 9.73. The van der Waals surface area contributed by atoms with Crippen LogP contribution in [0.4, 0.5) is 13.2 Å². The summed E-state index contributed by atoms with van der Waals surface area (Å²) in [6.45, 7) is 3.99. The molecule has 2 heterocycles. The van der Waals surface area contributed by atoms with Crippen LogP contribution in [-0.2, 0) is 34.1 Å². The summed E-state index contributed by atoms with van der Waals surface area (Å²) in [7, 11) is 0. The van der Waals surface area contributed by atoms with E-state index >= 15 is 0 Å². The lowest BCUT2D eigenvalue weighted by Gasteiger charge is -2.36. The third-order valence-electron chi connectivity index (χ3n) is 6.67. The van der Waals surface area contributed by atoms with Crippen LogP contribution in [0.25, 0.3) is 0 Å². The molecule has 0 bridgehead atoms. The second kappa shape index (κ2) is 9.63. The first-order valence-corrected chi connectivity index (χ1v) is 11.2. The topological polar surface area (TPSA) is 41.6 Å². The molecule has 0 atom stereocenters. The SMILES string of the molecule is O=C(NCCCN1CCc2ccccc2C1)C1(c2cccc(C(F)(F)F)c2)CCOCC1. The fraction of sp³-hybridized carbons (Fsp3) is 0.480. The first kappa shape index (κ1) is 22.8. The van der Waals surface area contributed by atoms with E-state index in [9.17, 15) is 18.0 Å². The summed E-state index contributed by atoms with van der Waals surface area (Å²) in [5.41, 5.74) is 1.47. The van der Waals surface area contributed by atoms with E-state index in [0.29, 0.717) is 38.2 Å². The van der Waals surface area contributed by atoms with E-state index in [2.05, 4.69) is 34.5 Å². The first-order valence-electron chi connectivity index (χ1n) is 11.2. The Balaban J connectivity index is 1.37. The highest BCUT2D eigenvalue weighted by Crippen LogP contribution is 2.38. The number of nitrogens with zero attached hydrogens (tertiary/aromatic N) is 1. The largest absolute Gasteiger partial charge is 0.416 e. The summed E-state index contributed by atoms with van der Waals surface area (Å²) >= 11 is 0. The molecule has 0 saturated carbocycles. The van der Waals surface area contributed by atoms with Gasteiger partial charge in [0.15, 0.2) is 0 Å². The van der Waals surface area contributed by atoms with E-state index in [0.717, 1.165) is 44.6 Å². The van der Waals surface area contributed by atoms with Crippen molar-refractivity contribution in [2.24, 2.45) is 0 Å². The number of ether oxygens (including phenoxy) is 1. The number of fused-ring (bicyclic) bond motifs is 1. The Bertz CT molecular complexity index is 939. The lowest BCUT2D eigenvalue weighted by molar-refractivity contribution is -0.138. The van der Waals surface area contributed by atoms with Gasteiger partial charge in [-0.2, -0.15) is 13.2 Å². The van der Waals surface area contributed by atoms with Gasteiger partial charge in [-0.15, -0.1) is 0 Å². The predicted molar refractivity (Wildman–Crippen MR) is 116 cm³/mol. The van der Waals surface area contributed by atoms with Gasteiger partial charge in [0.25, 0.3) is 0 Å². The van der Waals surface area contributed by atoms with E-state index < -0.39 is 17.2 Å². The highest BCUT2D eigenvalue weighted by Gasteiger charge is 2.43. The van der Waals surface area contributed by atoms with Crippen molar-refractivity contribution in [2.75, 3.05) is 32.8 Å². The molecule has 0 spiro atoms. The standard InChI is InChI=1S/C25H29F3N2O2/c26-25(27,28)22-8-3-7-21(17-22)24(10-15-32-16-11-24)23(31)29-12-4-13-30-14-9-19-5-1-2-6-20(19)18-30/h1-3,5-8,17H,4,9-16,18H2,(H,29,31). The molecular weight excluding hydrogens is 417 g/mol. The monoisotopic (exact) mass is 446 g/mol. The van der Waals surface area contributed by atoms with Crippen LogP contribution >= 0.6 is 0 Å². The maximum Gasteiger partial charge on any atom is 0.416 e. The molecule has 0 unspecified atom stereocenters. The van der Waals surface area contributed by atoms with Gasteiger partial charge in [-0.05, 0) is 48.4 Å². The molecular formula is C25H29F3N2O2. The van der Waals surface area contributed by atoms with Crippen molar-refractivity contribution in [3.8, 4) is 0 Å². The molecule has 2 aliphatic heterocycles. The van der Waals surface area contributed by atoms with Crippen molar-refractivity contribution in [1.82, 2.24) is 10.2 Å². The second-order valence-corrected chi connectivity index (χ2v) is 8.68. The molecule has 172 valence electrons. The number of hydrogen-bond acceptors (Lipinski definition) is 3. The van der Waals surface area contributed by atoms with Gasteiger partial charge in [-0.3, -0.25) is 9.69 Å². The molecule has 32 heavy (non-hydrogen) atoms. The average Bonchev–Trinajstić information content (AvgIpc) is 2.81. The minimum Gasteiger partial charge on any atom is -0.381 e. The van der Waals surface area contributed by atoms with Crippen molar-refractivity contribution < 1.29 is 22.7 Å². The second-order valence-electron chi connectivity index (χ2n) is 8.68. The zero-order valence-corrected chi connectivity index (χ0v) is 18.1. The van der Waals surface area contributed by atoms with Crippen LogP contribution < -0.4 is 5.32 Å². The van der Waals surface area contributed by atoms with Crippen LogP contribution in [0.3, 0.4) is 0 Å². The summed E-state index contributed by atoms with van der Waals surface area (Å²) < 4.78 is 45.2. The number of halogens is 3. The normalized spacial score (nSPS) is 18.7. The number of carbonyl (C=O) groups is 1. The van der Waals surface area contributed by atoms with Crippen LogP contribution in [-0.4, -0.2) is 43.7 Å². The van der Waals surface area contributed by atoms with E-state index in [1.807, 2.05) is 0 Å². The Morgan fingerprint density at radius 2 is 1.81 bits per heavy atom. The molecule has 2 aromatic rings. The molecule has 0 radical (unpaired) electrons. The van der Waals surface area contributed by atoms with Gasteiger partial charge in [0.2, 0.25) is 5.91 Å². The zero-order valence-electron chi connectivity index (χ0n) is 18.1. The fourth-order valence-corrected chi connectivity index (χ4v) is 4.78. The van der Waals surface area contributed by atoms with Crippen molar-refractivity contribution in [1.29, 1.82) is 0 Å². The molecule has 4 nitrogen and oxygen atoms in total. The number of carbonyl (C=O) groups excluding carboxylic acids is 1. The summed E-state index contributed by atoms with van der Waals surface area (Å²) in [4.78, 5) is 15.6. The van der Waals surface area contributed by atoms with Gasteiger partial charge in [-0.25, -0.2) is 0 Å². The van der Waals surface area contributed by atoms with Crippen molar-refractivity contribution in [3.05, 3.63) is 70.8 Å². The predicted octanol–water partition coefficient (Wildman–Crippen LogP) is 4.32. The number of benzene rings is 2. The first-order chi connectivity index (χ1) is 15.4. The molecule has 1 saturated heterocycles. The Morgan fingerprint density at radius 1 is 1.06 bits per heavy atom. The molecule has 1 N–H and O–H groups in total. The maximum absolute atomic E-state index is 13.2. The lowest BCUT2D eigenvalue weighted by Crippen LogP contribution is -2.48. The number of alkyl halides is 3. The minimum absolute atomic E-state index is 0.205. The summed E-state index contributed by atoms with van der Waals surface area (Å²) in [6, 6.07) is 13.6. The summed E-state index contributed by atoms with van der Waals surface area (Å²) in [5, 5.41) is 3.01. The third kappa shape index (κ3) is 4.99. The van der Waals surface area contributed by atoms with Gasteiger partial charge in [0.1, 0.15) is 0 Å². The molecule has 1 fully saturated rings. The highest BCUT2D eigenvalue weighted by atomic mass is 19.4. The van der Waals surface area contributed by atoms with Gasteiger partial charge >= 0.3 is 6.18 Å².